The van der Waals surface area contributed by atoms with Crippen LogP contribution in [0.15, 0.2) is 60.2 Å². The molecule has 1 N–H and O–H groups in total. The maximum atomic E-state index is 12.6. The number of nitrogens with zero attached hydrogens (tertiary/aromatic N) is 3. The van der Waals surface area contributed by atoms with Gasteiger partial charge in [-0.05, 0) is 72.5 Å². The molecule has 0 saturated heterocycles. The number of hydrogen-bond acceptors (Lipinski definition) is 4. The molecule has 1 aliphatic rings. The molecule has 0 bridgehead atoms. The molecule has 4 aromatic rings. The van der Waals surface area contributed by atoms with Crippen LogP contribution in [-0.2, 0) is 6.42 Å². The molecule has 0 aliphatic heterocycles. The third kappa shape index (κ3) is 3.31. The molecule has 0 unspecified atom stereocenters. The smallest absolute Gasteiger partial charge is 0.270 e. The van der Waals surface area contributed by atoms with Gasteiger partial charge in [0.15, 0.2) is 0 Å². The van der Waals surface area contributed by atoms with Crippen LogP contribution in [0.25, 0.3) is 15.9 Å². The molecule has 5 rings (SSSR count). The summed E-state index contributed by atoms with van der Waals surface area (Å²) in [5, 5.41) is 9.40. The Morgan fingerprint density at radius 2 is 2.07 bits per heavy atom. The number of carbonyl (C=O) groups is 1. The molecule has 1 amide bonds. The summed E-state index contributed by atoms with van der Waals surface area (Å²) >= 11 is 1.68. The average molecular weight is 388 g/mol. The lowest BCUT2D eigenvalue weighted by molar-refractivity contribution is 0.0912. The first-order chi connectivity index (χ1) is 13.8. The lowest BCUT2D eigenvalue weighted by Crippen LogP contribution is -2.39. The largest absolute Gasteiger partial charge is 0.348 e. The third-order valence-corrected chi connectivity index (χ3v) is 6.24. The lowest BCUT2D eigenvalue weighted by Gasteiger charge is -2.26. The Balaban J connectivity index is 1.42. The molecule has 28 heavy (non-hydrogen) atoms. The van der Waals surface area contributed by atoms with Gasteiger partial charge in [-0.25, -0.2) is 9.67 Å². The van der Waals surface area contributed by atoms with Gasteiger partial charge in [0.25, 0.3) is 5.91 Å². The zero-order valence-corrected chi connectivity index (χ0v) is 16.2. The number of benzene rings is 1. The highest BCUT2D eigenvalue weighted by Crippen LogP contribution is 2.27. The van der Waals surface area contributed by atoms with Crippen LogP contribution in [-0.4, -0.2) is 26.7 Å². The van der Waals surface area contributed by atoms with Crippen LogP contribution in [0.2, 0.25) is 0 Å². The Bertz CT molecular complexity index is 1110. The summed E-state index contributed by atoms with van der Waals surface area (Å²) in [7, 11) is 0. The fourth-order valence-electron chi connectivity index (χ4n) is 3.49. The second-order valence-electron chi connectivity index (χ2n) is 7.20. The molecule has 5 nitrogen and oxygen atoms in total. The van der Waals surface area contributed by atoms with Crippen molar-refractivity contribution >= 4 is 27.5 Å². The summed E-state index contributed by atoms with van der Waals surface area (Å²) in [4.78, 5) is 17.2. The van der Waals surface area contributed by atoms with Crippen LogP contribution in [0, 0.1) is 0 Å². The van der Waals surface area contributed by atoms with Crippen molar-refractivity contribution in [1.82, 2.24) is 20.1 Å². The van der Waals surface area contributed by atoms with Gasteiger partial charge in [0, 0.05) is 18.4 Å². The quantitative estimate of drug-likeness (QED) is 0.553. The van der Waals surface area contributed by atoms with Crippen molar-refractivity contribution in [3.8, 4) is 5.69 Å². The molecule has 0 atom stereocenters. The number of nitrogens with one attached hydrogen (secondary N) is 1. The molecule has 1 fully saturated rings. The van der Waals surface area contributed by atoms with Crippen LogP contribution >= 0.6 is 11.3 Å². The van der Waals surface area contributed by atoms with E-state index in [1.165, 1.54) is 12.0 Å². The van der Waals surface area contributed by atoms with Crippen molar-refractivity contribution in [3.63, 3.8) is 0 Å². The number of fused-ring (bicyclic) bond motifs is 1. The fourth-order valence-corrected chi connectivity index (χ4v) is 4.34. The van der Waals surface area contributed by atoms with Gasteiger partial charge in [-0.15, -0.1) is 11.3 Å². The van der Waals surface area contributed by atoms with Crippen LogP contribution in [0.3, 0.4) is 0 Å². The van der Waals surface area contributed by atoms with E-state index < -0.39 is 0 Å². The SMILES string of the molecule is O=C(NC1CCC1)c1cc(Cc2ccc(-n3cccn3)cc2)c2sccc2n1. The third-order valence-electron chi connectivity index (χ3n) is 5.26. The fraction of sp³-hybridized carbons (Fsp3) is 0.227. The Hall–Kier alpha value is -2.99. The van der Waals surface area contributed by atoms with Crippen molar-refractivity contribution in [2.75, 3.05) is 0 Å². The van der Waals surface area contributed by atoms with E-state index in [1.807, 2.05) is 34.5 Å². The summed E-state index contributed by atoms with van der Waals surface area (Å²) in [6.07, 6.45) is 7.81. The average Bonchev–Trinajstić information content (AvgIpc) is 3.37. The second kappa shape index (κ2) is 7.20. The van der Waals surface area contributed by atoms with Gasteiger partial charge in [0.05, 0.1) is 15.9 Å². The van der Waals surface area contributed by atoms with E-state index in [0.29, 0.717) is 11.7 Å². The topological polar surface area (TPSA) is 59.8 Å². The second-order valence-corrected chi connectivity index (χ2v) is 8.11. The Kier molecular flexibility index (Phi) is 4.41. The first-order valence-corrected chi connectivity index (χ1v) is 10.4. The number of aromatic nitrogens is 3. The Morgan fingerprint density at radius 3 is 2.79 bits per heavy atom. The number of hydrogen-bond donors (Lipinski definition) is 1. The van der Waals surface area contributed by atoms with Gasteiger partial charge < -0.3 is 5.32 Å². The van der Waals surface area contributed by atoms with Crippen molar-refractivity contribution in [2.24, 2.45) is 0 Å². The number of pyridine rings is 1. The van der Waals surface area contributed by atoms with Crippen molar-refractivity contribution in [2.45, 2.75) is 31.7 Å². The highest BCUT2D eigenvalue weighted by atomic mass is 32.1. The normalized spacial score (nSPS) is 14.1. The minimum atomic E-state index is -0.0620. The van der Waals surface area contributed by atoms with E-state index in [0.717, 1.165) is 40.7 Å². The maximum absolute atomic E-state index is 12.6. The van der Waals surface area contributed by atoms with Crippen molar-refractivity contribution < 1.29 is 4.79 Å². The standard InChI is InChI=1S/C22H20N4OS/c27-22(24-17-3-1-4-17)20-14-16(21-19(25-20)9-12-28-21)13-15-5-7-18(8-6-15)26-11-2-10-23-26/h2,5-12,14,17H,1,3-4,13H2,(H,24,27). The number of amides is 1. The van der Waals surface area contributed by atoms with Gasteiger partial charge in [0.1, 0.15) is 5.69 Å². The number of thiophene rings is 1. The summed E-state index contributed by atoms with van der Waals surface area (Å²) in [6, 6.07) is 14.5. The first-order valence-electron chi connectivity index (χ1n) is 9.53. The molecule has 6 heteroatoms. The summed E-state index contributed by atoms with van der Waals surface area (Å²) < 4.78 is 2.99. The van der Waals surface area contributed by atoms with E-state index in [-0.39, 0.29) is 5.91 Å². The molecule has 1 aliphatic carbocycles. The maximum Gasteiger partial charge on any atom is 0.270 e. The minimum absolute atomic E-state index is 0.0620. The lowest BCUT2D eigenvalue weighted by atomic mass is 9.93. The van der Waals surface area contributed by atoms with Crippen molar-refractivity contribution in [1.29, 1.82) is 0 Å². The zero-order valence-electron chi connectivity index (χ0n) is 15.3. The van der Waals surface area contributed by atoms with E-state index >= 15 is 0 Å². The Morgan fingerprint density at radius 1 is 1.21 bits per heavy atom. The zero-order chi connectivity index (χ0) is 18.9. The van der Waals surface area contributed by atoms with Crippen LogP contribution in [0.1, 0.15) is 40.9 Å². The molecular weight excluding hydrogens is 368 g/mol. The molecule has 0 spiro atoms. The molecular formula is C22H20N4OS. The van der Waals surface area contributed by atoms with Gasteiger partial charge in [-0.2, -0.15) is 5.10 Å². The minimum Gasteiger partial charge on any atom is -0.348 e. The van der Waals surface area contributed by atoms with Crippen molar-refractivity contribution in [3.05, 3.63) is 77.1 Å². The van der Waals surface area contributed by atoms with Crippen LogP contribution < -0.4 is 5.32 Å². The van der Waals surface area contributed by atoms with E-state index in [2.05, 4.69) is 39.7 Å². The van der Waals surface area contributed by atoms with Crippen LogP contribution in [0.4, 0.5) is 0 Å². The Labute approximate surface area is 167 Å². The molecule has 0 radical (unpaired) electrons. The molecule has 1 aromatic carbocycles. The first kappa shape index (κ1) is 17.1. The van der Waals surface area contributed by atoms with Crippen LogP contribution in [0.5, 0.6) is 0 Å². The molecule has 3 aromatic heterocycles. The molecule has 140 valence electrons. The predicted octanol–water partition coefficient (Wildman–Crippen LogP) is 4.36. The highest BCUT2D eigenvalue weighted by Gasteiger charge is 2.21. The highest BCUT2D eigenvalue weighted by molar-refractivity contribution is 7.17. The van der Waals surface area contributed by atoms with E-state index in [9.17, 15) is 4.79 Å². The summed E-state index contributed by atoms with van der Waals surface area (Å²) in [5.74, 6) is -0.0620. The predicted molar refractivity (Wildman–Crippen MR) is 111 cm³/mol. The van der Waals surface area contributed by atoms with Gasteiger partial charge >= 0.3 is 0 Å². The number of carbonyl (C=O) groups excluding carboxylic acids is 1. The number of rotatable bonds is 5. The summed E-state index contributed by atoms with van der Waals surface area (Å²) in [6.45, 7) is 0. The van der Waals surface area contributed by atoms with Gasteiger partial charge in [-0.3, -0.25) is 4.79 Å². The van der Waals surface area contributed by atoms with Gasteiger partial charge in [0.2, 0.25) is 0 Å². The monoisotopic (exact) mass is 388 g/mol. The summed E-state index contributed by atoms with van der Waals surface area (Å²) in [5.41, 5.74) is 4.79. The van der Waals surface area contributed by atoms with E-state index in [1.54, 1.807) is 17.5 Å². The van der Waals surface area contributed by atoms with E-state index in [4.69, 9.17) is 0 Å². The molecule has 1 saturated carbocycles. The van der Waals surface area contributed by atoms with Gasteiger partial charge in [-0.1, -0.05) is 12.1 Å². The molecule has 3 heterocycles.